The van der Waals surface area contributed by atoms with E-state index in [0.29, 0.717) is 5.41 Å². The van der Waals surface area contributed by atoms with E-state index in [9.17, 15) is 0 Å². The van der Waals surface area contributed by atoms with Crippen LogP contribution in [0.25, 0.3) is 0 Å². The van der Waals surface area contributed by atoms with E-state index in [2.05, 4.69) is 45.9 Å². The Morgan fingerprint density at radius 1 is 0.784 bits per heavy atom. The van der Waals surface area contributed by atoms with Crippen LogP contribution in [0.5, 0.6) is 23.0 Å². The molecule has 5 heteroatoms. The van der Waals surface area contributed by atoms with Crippen LogP contribution in [0, 0.1) is 5.41 Å². The van der Waals surface area contributed by atoms with Crippen molar-refractivity contribution >= 4 is 0 Å². The minimum Gasteiger partial charge on any atom is -0.508 e. The molecule has 2 aromatic carbocycles. The molecule has 0 spiro atoms. The first-order chi connectivity index (χ1) is 17.4. The van der Waals surface area contributed by atoms with Crippen molar-refractivity contribution in [1.29, 1.82) is 0 Å². The predicted octanol–water partition coefficient (Wildman–Crippen LogP) is 7.71. The van der Waals surface area contributed by atoms with Crippen LogP contribution in [0.15, 0.2) is 107 Å². The van der Waals surface area contributed by atoms with Crippen molar-refractivity contribution in [2.75, 3.05) is 6.61 Å². The van der Waals surface area contributed by atoms with Crippen molar-refractivity contribution in [3.05, 3.63) is 107 Å². The smallest absolute Gasteiger partial charge is 0.115 e. The lowest BCUT2D eigenvalue weighted by molar-refractivity contribution is 0.342. The molecule has 0 amide bonds. The molecule has 0 unspecified atom stereocenters. The third-order valence-corrected chi connectivity index (χ3v) is 5.89. The number of phenols is 4. The van der Waals surface area contributed by atoms with E-state index in [-0.39, 0.29) is 29.6 Å². The molecule has 0 fully saturated rings. The number of benzene rings is 2. The van der Waals surface area contributed by atoms with Gasteiger partial charge in [0.1, 0.15) is 23.0 Å². The van der Waals surface area contributed by atoms with E-state index in [1.54, 1.807) is 6.08 Å². The number of hydrogen-bond acceptors (Lipinski definition) is 5. The lowest BCUT2D eigenvalue weighted by Crippen LogP contribution is -2.19. The Morgan fingerprint density at radius 2 is 1.24 bits per heavy atom. The first-order valence-electron chi connectivity index (χ1n) is 12.4. The molecule has 200 valence electrons. The lowest BCUT2D eigenvalue weighted by atomic mass is 9.72. The zero-order valence-electron chi connectivity index (χ0n) is 22.6. The number of aliphatic hydroxyl groups excluding tert-OH is 1. The van der Waals surface area contributed by atoms with Crippen LogP contribution in [-0.4, -0.2) is 32.1 Å². The molecule has 1 aliphatic carbocycles. The van der Waals surface area contributed by atoms with Crippen molar-refractivity contribution in [3.8, 4) is 23.0 Å². The van der Waals surface area contributed by atoms with Gasteiger partial charge in [0, 0.05) is 0 Å². The summed E-state index contributed by atoms with van der Waals surface area (Å²) in [5, 5.41) is 43.4. The molecule has 0 atom stereocenters. The van der Waals surface area contributed by atoms with Gasteiger partial charge in [-0.05, 0) is 99.6 Å². The van der Waals surface area contributed by atoms with Gasteiger partial charge >= 0.3 is 0 Å². The van der Waals surface area contributed by atoms with Crippen LogP contribution in [0.2, 0.25) is 0 Å². The fraction of sp³-hybridized carbons (Fsp3) is 0.312. The van der Waals surface area contributed by atoms with Crippen LogP contribution in [0.4, 0.5) is 0 Å². The summed E-state index contributed by atoms with van der Waals surface area (Å²) in [7, 11) is 0. The normalized spacial score (nSPS) is 15.7. The van der Waals surface area contributed by atoms with E-state index >= 15 is 0 Å². The highest BCUT2D eigenvalue weighted by Gasteiger charge is 2.26. The fourth-order valence-corrected chi connectivity index (χ4v) is 3.75. The van der Waals surface area contributed by atoms with Gasteiger partial charge in [0.25, 0.3) is 0 Å². The van der Waals surface area contributed by atoms with Crippen molar-refractivity contribution in [1.82, 2.24) is 0 Å². The van der Waals surface area contributed by atoms with E-state index < -0.39 is 0 Å². The second-order valence-electron chi connectivity index (χ2n) is 9.70. The lowest BCUT2D eigenvalue weighted by Gasteiger charge is -2.32. The number of aromatic hydroxyl groups is 4. The van der Waals surface area contributed by atoms with Crippen molar-refractivity contribution in [3.63, 3.8) is 0 Å². The minimum atomic E-state index is 0.0985. The Hall–Kier alpha value is -3.70. The molecule has 0 heterocycles. The first-order valence-corrected chi connectivity index (χ1v) is 12.4. The van der Waals surface area contributed by atoms with E-state index in [1.165, 1.54) is 84.5 Å². The average Bonchev–Trinajstić information content (AvgIpc) is 2.83. The van der Waals surface area contributed by atoms with Gasteiger partial charge in [0.15, 0.2) is 0 Å². The second-order valence-corrected chi connectivity index (χ2v) is 9.70. The molecule has 0 saturated heterocycles. The van der Waals surface area contributed by atoms with Gasteiger partial charge in [0.2, 0.25) is 0 Å². The Morgan fingerprint density at radius 3 is 1.65 bits per heavy atom. The highest BCUT2D eigenvalue weighted by molar-refractivity contribution is 5.37. The molecule has 0 radical (unpaired) electrons. The molecular formula is C32H42O5. The molecule has 37 heavy (non-hydrogen) atoms. The summed E-state index contributed by atoms with van der Waals surface area (Å²) >= 11 is 0. The Labute approximate surface area is 221 Å². The number of hydrogen-bond donors (Lipinski definition) is 5. The van der Waals surface area contributed by atoms with Crippen LogP contribution in [0.1, 0.15) is 53.9 Å². The van der Waals surface area contributed by atoms with E-state index in [1.807, 2.05) is 19.1 Å². The quantitative estimate of drug-likeness (QED) is 0.211. The third kappa shape index (κ3) is 13.3. The van der Waals surface area contributed by atoms with Gasteiger partial charge in [-0.15, -0.1) is 0 Å². The Bertz CT molecular complexity index is 1010. The maximum atomic E-state index is 8.81. The maximum absolute atomic E-state index is 8.81. The largest absolute Gasteiger partial charge is 0.508 e. The van der Waals surface area contributed by atoms with Gasteiger partial charge in [-0.25, -0.2) is 0 Å². The molecular weight excluding hydrogens is 464 g/mol. The summed E-state index contributed by atoms with van der Waals surface area (Å²) in [5.74, 6) is 0.677. The monoisotopic (exact) mass is 506 g/mol. The molecule has 5 N–H and O–H groups in total. The number of rotatable bonds is 5. The highest BCUT2D eigenvalue weighted by Crippen LogP contribution is 2.40. The van der Waals surface area contributed by atoms with Gasteiger partial charge in [-0.2, -0.15) is 0 Å². The van der Waals surface area contributed by atoms with Crippen molar-refractivity contribution in [2.24, 2.45) is 5.41 Å². The summed E-state index contributed by atoms with van der Waals surface area (Å²) in [5.41, 5.74) is 5.66. The zero-order valence-corrected chi connectivity index (χ0v) is 22.6. The summed E-state index contributed by atoms with van der Waals surface area (Å²) in [4.78, 5) is 0. The molecule has 5 nitrogen and oxygen atoms in total. The zero-order chi connectivity index (χ0) is 27.8. The number of aliphatic hydroxyl groups is 1. The highest BCUT2D eigenvalue weighted by atomic mass is 16.3. The first kappa shape index (κ1) is 31.3. The van der Waals surface area contributed by atoms with Crippen LogP contribution in [-0.2, 0) is 0 Å². The number of phenolic OH excluding ortho intramolecular Hbond substituents is 4. The number of allylic oxidation sites excluding steroid dienone is 9. The molecule has 0 bridgehead atoms. The second kappa shape index (κ2) is 16.1. The SMILES string of the molecule is CC1=C(/C=C/C(C)=C/C=C/C(C)=C/CO)C(C)(C)CCC1.Oc1ccc(O)cc1.Oc1ccc(O)cc1. The Balaban J connectivity index is 0.000000345. The average molecular weight is 507 g/mol. The van der Waals surface area contributed by atoms with Gasteiger partial charge < -0.3 is 25.5 Å². The molecule has 1 aliphatic rings. The summed E-state index contributed by atoms with van der Waals surface area (Å²) in [6.07, 6.45) is 16.3. The van der Waals surface area contributed by atoms with Gasteiger partial charge in [0.05, 0.1) is 6.61 Å². The predicted molar refractivity (Wildman–Crippen MR) is 153 cm³/mol. The molecule has 0 aromatic heterocycles. The molecule has 2 aromatic rings. The summed E-state index contributed by atoms with van der Waals surface area (Å²) < 4.78 is 0. The van der Waals surface area contributed by atoms with Crippen molar-refractivity contribution in [2.45, 2.75) is 53.9 Å². The van der Waals surface area contributed by atoms with Crippen LogP contribution < -0.4 is 0 Å². The summed E-state index contributed by atoms with van der Waals surface area (Å²) in [6.45, 7) is 11.2. The van der Waals surface area contributed by atoms with Crippen molar-refractivity contribution < 1.29 is 25.5 Å². The third-order valence-electron chi connectivity index (χ3n) is 5.89. The molecule has 0 saturated carbocycles. The Kier molecular flexibility index (Phi) is 13.7. The van der Waals surface area contributed by atoms with Gasteiger partial charge in [-0.1, -0.05) is 67.0 Å². The summed E-state index contributed by atoms with van der Waals surface area (Å²) in [6, 6.07) is 11.4. The topological polar surface area (TPSA) is 101 Å². The van der Waals surface area contributed by atoms with Gasteiger partial charge in [-0.3, -0.25) is 0 Å². The maximum Gasteiger partial charge on any atom is 0.115 e. The van der Waals surface area contributed by atoms with Crippen LogP contribution >= 0.6 is 0 Å². The molecule has 3 rings (SSSR count). The fourth-order valence-electron chi connectivity index (χ4n) is 3.75. The minimum absolute atomic E-state index is 0.0985. The molecule has 0 aliphatic heterocycles. The van der Waals surface area contributed by atoms with E-state index in [4.69, 9.17) is 25.5 Å². The standard InChI is InChI=1S/C20H30O.2C6H6O2/c1-16(8-6-9-17(2)13-15-21)11-12-19-18(3)10-7-14-20(19,4)5;2*7-5-1-2-6(8)4-3-5/h6,8-9,11-13,21H,7,10,14-15H2,1-5H3;2*1-4,7-8H/b9-6+,12-11+,16-8+,17-13+;;. The van der Waals surface area contributed by atoms with E-state index in [0.717, 1.165) is 5.57 Å². The van der Waals surface area contributed by atoms with Crippen LogP contribution in [0.3, 0.4) is 0 Å².